The van der Waals surface area contributed by atoms with Gasteiger partial charge >= 0.3 is 0 Å². The smallest absolute Gasteiger partial charge is 0.145 e. The lowest BCUT2D eigenvalue weighted by atomic mass is 10.2. The zero-order valence-electron chi connectivity index (χ0n) is 10.6. The number of hydrazine groups is 1. The number of morpholine rings is 1. The molecule has 2 saturated heterocycles. The van der Waals surface area contributed by atoms with Crippen molar-refractivity contribution in [3.63, 3.8) is 0 Å². The number of hydrogen-bond acceptors (Lipinski definition) is 6. The normalized spacial score (nSPS) is 27.4. The van der Waals surface area contributed by atoms with Crippen molar-refractivity contribution in [2.45, 2.75) is 38.5 Å². The number of anilines is 1. The number of fused-ring (bicyclic) bond motifs is 2. The second kappa shape index (κ2) is 4.79. The van der Waals surface area contributed by atoms with Gasteiger partial charge in [-0.2, -0.15) is 0 Å². The molecule has 6 heteroatoms. The van der Waals surface area contributed by atoms with E-state index in [1.807, 2.05) is 13.0 Å². The second-order valence-corrected chi connectivity index (χ2v) is 5.11. The predicted octanol–water partition coefficient (Wildman–Crippen LogP) is 0.434. The van der Waals surface area contributed by atoms with Crippen LogP contribution in [-0.4, -0.2) is 40.2 Å². The van der Waals surface area contributed by atoms with E-state index in [9.17, 15) is 0 Å². The molecule has 0 aliphatic carbocycles. The van der Waals surface area contributed by atoms with E-state index in [0.29, 0.717) is 18.0 Å². The summed E-state index contributed by atoms with van der Waals surface area (Å²) in [6.07, 6.45) is 3.18. The van der Waals surface area contributed by atoms with Crippen molar-refractivity contribution >= 4 is 5.82 Å². The number of ether oxygens (including phenoxy) is 1. The number of rotatable bonds is 3. The maximum atomic E-state index is 5.82. The van der Waals surface area contributed by atoms with Crippen molar-refractivity contribution in [3.8, 4) is 0 Å². The standard InChI is InChI=1S/C12H19N5O/c1-8-4-11(16-13)15-12(14-8)7-17-5-9-2-3-10(6-17)18-9/h4,9-10H,2-3,5-7,13H2,1H3,(H,14,15,16). The number of hydrogen-bond donors (Lipinski definition) is 2. The molecule has 1 aromatic rings. The third-order valence-electron chi connectivity index (χ3n) is 3.53. The van der Waals surface area contributed by atoms with Crippen LogP contribution in [0.1, 0.15) is 24.4 Å². The van der Waals surface area contributed by atoms with Crippen LogP contribution in [0.3, 0.4) is 0 Å². The minimum absolute atomic E-state index is 0.403. The van der Waals surface area contributed by atoms with E-state index in [0.717, 1.165) is 31.2 Å². The number of likely N-dealkylation sites (tertiary alicyclic amines) is 1. The maximum Gasteiger partial charge on any atom is 0.145 e. The molecular formula is C12H19N5O. The van der Waals surface area contributed by atoms with Gasteiger partial charge in [-0.05, 0) is 19.8 Å². The number of nitrogens with one attached hydrogen (secondary N) is 1. The summed E-state index contributed by atoms with van der Waals surface area (Å²) in [5.41, 5.74) is 3.52. The minimum atomic E-state index is 0.403. The molecule has 2 unspecified atom stereocenters. The van der Waals surface area contributed by atoms with E-state index in [4.69, 9.17) is 10.6 Å². The largest absolute Gasteiger partial charge is 0.372 e. The summed E-state index contributed by atoms with van der Waals surface area (Å²) in [5.74, 6) is 6.90. The summed E-state index contributed by atoms with van der Waals surface area (Å²) < 4.78 is 5.82. The van der Waals surface area contributed by atoms with E-state index < -0.39 is 0 Å². The Bertz CT molecular complexity index is 426. The van der Waals surface area contributed by atoms with Gasteiger partial charge in [0, 0.05) is 24.8 Å². The Morgan fingerprint density at radius 2 is 2.11 bits per heavy atom. The van der Waals surface area contributed by atoms with Crippen molar-refractivity contribution < 1.29 is 4.74 Å². The van der Waals surface area contributed by atoms with Gasteiger partial charge in [0.05, 0.1) is 18.8 Å². The molecule has 3 rings (SSSR count). The van der Waals surface area contributed by atoms with Gasteiger partial charge in [-0.15, -0.1) is 0 Å². The average Bonchev–Trinajstić information content (AvgIpc) is 2.68. The zero-order valence-corrected chi connectivity index (χ0v) is 10.6. The van der Waals surface area contributed by atoms with Crippen LogP contribution < -0.4 is 11.3 Å². The summed E-state index contributed by atoms with van der Waals surface area (Å²) in [7, 11) is 0. The van der Waals surface area contributed by atoms with Crippen LogP contribution in [-0.2, 0) is 11.3 Å². The first kappa shape index (κ1) is 11.8. The number of aryl methyl sites for hydroxylation is 1. The predicted molar refractivity (Wildman–Crippen MR) is 67.8 cm³/mol. The molecule has 0 spiro atoms. The summed E-state index contributed by atoms with van der Waals surface area (Å²) >= 11 is 0. The monoisotopic (exact) mass is 249 g/mol. The molecule has 98 valence electrons. The first-order valence-corrected chi connectivity index (χ1v) is 6.42. The van der Waals surface area contributed by atoms with Crippen molar-refractivity contribution in [2.75, 3.05) is 18.5 Å². The third kappa shape index (κ3) is 2.45. The number of aromatic nitrogens is 2. The van der Waals surface area contributed by atoms with Gasteiger partial charge in [-0.25, -0.2) is 15.8 Å². The Balaban J connectivity index is 1.70. The Kier molecular flexibility index (Phi) is 3.15. The fourth-order valence-electron chi connectivity index (χ4n) is 2.80. The number of nitrogen functional groups attached to an aromatic ring is 1. The number of nitrogens with zero attached hydrogens (tertiary/aromatic N) is 3. The molecule has 0 radical (unpaired) electrons. The molecule has 0 amide bonds. The fraction of sp³-hybridized carbons (Fsp3) is 0.667. The summed E-state index contributed by atoms with van der Waals surface area (Å²) in [6.45, 7) is 4.69. The highest BCUT2D eigenvalue weighted by Crippen LogP contribution is 2.26. The van der Waals surface area contributed by atoms with Crippen LogP contribution in [0.4, 0.5) is 5.82 Å². The minimum Gasteiger partial charge on any atom is -0.372 e. The fourth-order valence-corrected chi connectivity index (χ4v) is 2.80. The number of nitrogens with two attached hydrogens (primary N) is 1. The van der Waals surface area contributed by atoms with Crippen molar-refractivity contribution in [1.82, 2.24) is 14.9 Å². The SMILES string of the molecule is Cc1cc(NN)nc(CN2CC3CCC(C2)O3)n1. The van der Waals surface area contributed by atoms with Crippen LogP contribution in [0.5, 0.6) is 0 Å². The molecule has 3 heterocycles. The highest BCUT2D eigenvalue weighted by atomic mass is 16.5. The van der Waals surface area contributed by atoms with Gasteiger partial charge in [-0.1, -0.05) is 0 Å². The molecular weight excluding hydrogens is 230 g/mol. The van der Waals surface area contributed by atoms with E-state index >= 15 is 0 Å². The lowest BCUT2D eigenvalue weighted by Gasteiger charge is -2.31. The van der Waals surface area contributed by atoms with Crippen LogP contribution >= 0.6 is 0 Å². The van der Waals surface area contributed by atoms with Crippen LogP contribution in [0.25, 0.3) is 0 Å². The summed E-state index contributed by atoms with van der Waals surface area (Å²) in [6, 6.07) is 1.84. The molecule has 2 atom stereocenters. The molecule has 3 N–H and O–H groups in total. The quantitative estimate of drug-likeness (QED) is 0.598. The Labute approximate surface area is 107 Å². The van der Waals surface area contributed by atoms with Gasteiger partial charge in [0.2, 0.25) is 0 Å². The van der Waals surface area contributed by atoms with E-state index in [1.54, 1.807) is 0 Å². The molecule has 6 nitrogen and oxygen atoms in total. The Morgan fingerprint density at radius 1 is 1.39 bits per heavy atom. The molecule has 0 saturated carbocycles. The highest BCUT2D eigenvalue weighted by Gasteiger charge is 2.33. The highest BCUT2D eigenvalue weighted by molar-refractivity contribution is 5.33. The molecule has 2 aliphatic rings. The summed E-state index contributed by atoms with van der Waals surface area (Å²) in [5, 5.41) is 0. The van der Waals surface area contributed by atoms with Crippen LogP contribution in [0.2, 0.25) is 0 Å². The second-order valence-electron chi connectivity index (χ2n) is 5.11. The van der Waals surface area contributed by atoms with Crippen molar-refractivity contribution in [2.24, 2.45) is 5.84 Å². The van der Waals surface area contributed by atoms with Crippen molar-refractivity contribution in [3.05, 3.63) is 17.6 Å². The molecule has 18 heavy (non-hydrogen) atoms. The van der Waals surface area contributed by atoms with Crippen molar-refractivity contribution in [1.29, 1.82) is 0 Å². The molecule has 2 fully saturated rings. The topological polar surface area (TPSA) is 76.3 Å². The molecule has 2 bridgehead atoms. The molecule has 2 aliphatic heterocycles. The first-order valence-electron chi connectivity index (χ1n) is 6.42. The van der Waals surface area contributed by atoms with E-state index in [1.165, 1.54) is 12.8 Å². The van der Waals surface area contributed by atoms with Crippen LogP contribution in [0, 0.1) is 6.92 Å². The first-order chi connectivity index (χ1) is 8.72. The third-order valence-corrected chi connectivity index (χ3v) is 3.53. The van der Waals surface area contributed by atoms with Crippen LogP contribution in [0.15, 0.2) is 6.07 Å². The maximum absolute atomic E-state index is 5.82. The van der Waals surface area contributed by atoms with Gasteiger partial charge < -0.3 is 10.2 Å². The summed E-state index contributed by atoms with van der Waals surface area (Å²) in [4.78, 5) is 11.2. The van der Waals surface area contributed by atoms with Gasteiger partial charge in [0.25, 0.3) is 0 Å². The molecule has 1 aromatic heterocycles. The van der Waals surface area contributed by atoms with Gasteiger partial charge in [-0.3, -0.25) is 4.90 Å². The lowest BCUT2D eigenvalue weighted by molar-refractivity contribution is -0.0417. The lowest BCUT2D eigenvalue weighted by Crippen LogP contribution is -2.42. The van der Waals surface area contributed by atoms with Gasteiger partial charge in [0.1, 0.15) is 11.6 Å². The Hall–Kier alpha value is -1.24. The van der Waals surface area contributed by atoms with E-state index in [2.05, 4.69) is 20.3 Å². The zero-order chi connectivity index (χ0) is 12.5. The van der Waals surface area contributed by atoms with E-state index in [-0.39, 0.29) is 0 Å². The Morgan fingerprint density at radius 3 is 2.78 bits per heavy atom. The van der Waals surface area contributed by atoms with Gasteiger partial charge in [0.15, 0.2) is 0 Å². The average molecular weight is 249 g/mol. The molecule has 0 aromatic carbocycles.